The van der Waals surface area contributed by atoms with Gasteiger partial charge in [-0.2, -0.15) is 0 Å². The second kappa shape index (κ2) is 7.54. The number of aliphatic carboxylic acids is 1. The molecule has 0 spiro atoms. The molecule has 3 aromatic rings. The van der Waals surface area contributed by atoms with Crippen molar-refractivity contribution in [3.8, 4) is 11.3 Å². The van der Waals surface area contributed by atoms with Crippen molar-refractivity contribution >= 4 is 28.9 Å². The van der Waals surface area contributed by atoms with Crippen molar-refractivity contribution < 1.29 is 14.7 Å². The molecule has 1 saturated carbocycles. The van der Waals surface area contributed by atoms with Gasteiger partial charge in [0.15, 0.2) is 11.5 Å². The molecule has 1 aromatic carbocycles. The minimum absolute atomic E-state index is 0.142. The standard InChI is InChI=1S/C20H20N6O4/c21-16-15-18(24-9-23-16)26(13-7-5-12(6-8-13)20(29)30)19(28)14(25-15)10-1-3-11(4-2-10)17(22)27/h1-4,9,12-13H,5-8H2,(H2,22,27)(H,29,30)(H2,21,23,24). The fraction of sp³-hybridized carbons (Fsp3) is 0.300. The van der Waals surface area contributed by atoms with Crippen LogP contribution in [0.15, 0.2) is 35.4 Å². The lowest BCUT2D eigenvalue weighted by atomic mass is 9.86. The summed E-state index contributed by atoms with van der Waals surface area (Å²) in [6.45, 7) is 0. The minimum atomic E-state index is -0.817. The predicted molar refractivity (Wildman–Crippen MR) is 109 cm³/mol. The maximum Gasteiger partial charge on any atom is 0.306 e. The van der Waals surface area contributed by atoms with E-state index in [4.69, 9.17) is 11.5 Å². The number of rotatable bonds is 4. The number of anilines is 1. The van der Waals surface area contributed by atoms with E-state index in [0.717, 1.165) is 0 Å². The maximum atomic E-state index is 13.4. The summed E-state index contributed by atoms with van der Waals surface area (Å²) in [6, 6.07) is 6.02. The van der Waals surface area contributed by atoms with Crippen molar-refractivity contribution in [3.05, 3.63) is 46.5 Å². The van der Waals surface area contributed by atoms with Gasteiger partial charge in [-0.3, -0.25) is 19.0 Å². The van der Waals surface area contributed by atoms with Crippen LogP contribution in [0.4, 0.5) is 5.82 Å². The van der Waals surface area contributed by atoms with Gasteiger partial charge in [-0.15, -0.1) is 0 Å². The highest BCUT2D eigenvalue weighted by Gasteiger charge is 2.29. The number of benzene rings is 1. The Bertz CT molecular complexity index is 1200. The van der Waals surface area contributed by atoms with E-state index in [0.29, 0.717) is 48.0 Å². The van der Waals surface area contributed by atoms with E-state index in [-0.39, 0.29) is 23.1 Å². The zero-order valence-electron chi connectivity index (χ0n) is 16.0. The fourth-order valence-electron chi connectivity index (χ4n) is 3.94. The van der Waals surface area contributed by atoms with Gasteiger partial charge in [0, 0.05) is 17.2 Å². The Morgan fingerprint density at radius 2 is 1.73 bits per heavy atom. The molecule has 5 N–H and O–H groups in total. The molecule has 10 nitrogen and oxygen atoms in total. The van der Waals surface area contributed by atoms with Gasteiger partial charge in [0.05, 0.1) is 5.92 Å². The van der Waals surface area contributed by atoms with E-state index in [1.54, 1.807) is 16.7 Å². The molecular weight excluding hydrogens is 388 g/mol. The number of primary amides is 1. The minimum Gasteiger partial charge on any atom is -0.481 e. The van der Waals surface area contributed by atoms with Gasteiger partial charge in [0.2, 0.25) is 5.91 Å². The lowest BCUT2D eigenvalue weighted by Gasteiger charge is -2.28. The van der Waals surface area contributed by atoms with Crippen molar-refractivity contribution in [2.75, 3.05) is 5.73 Å². The number of nitrogens with two attached hydrogens (primary N) is 2. The average molecular weight is 408 g/mol. The second-order valence-corrected chi connectivity index (χ2v) is 7.35. The molecule has 0 atom stereocenters. The van der Waals surface area contributed by atoms with Crippen molar-refractivity contribution in [1.29, 1.82) is 0 Å². The summed E-state index contributed by atoms with van der Waals surface area (Å²) in [5.74, 6) is -1.66. The monoisotopic (exact) mass is 408 g/mol. The van der Waals surface area contributed by atoms with E-state index in [2.05, 4.69) is 15.0 Å². The molecule has 1 fully saturated rings. The largest absolute Gasteiger partial charge is 0.481 e. The summed E-state index contributed by atoms with van der Waals surface area (Å²) in [7, 11) is 0. The number of carboxylic acids is 1. The van der Waals surface area contributed by atoms with Gasteiger partial charge >= 0.3 is 5.97 Å². The highest BCUT2D eigenvalue weighted by atomic mass is 16.4. The van der Waals surface area contributed by atoms with E-state index >= 15 is 0 Å². The van der Waals surface area contributed by atoms with Crippen molar-refractivity contribution in [3.63, 3.8) is 0 Å². The van der Waals surface area contributed by atoms with Crippen LogP contribution in [0.25, 0.3) is 22.4 Å². The molecule has 2 heterocycles. The summed E-state index contributed by atoms with van der Waals surface area (Å²) in [5.41, 5.74) is 12.5. The molecule has 2 aromatic heterocycles. The number of fused-ring (bicyclic) bond motifs is 1. The normalized spacial score (nSPS) is 18.9. The smallest absolute Gasteiger partial charge is 0.306 e. The molecular formula is C20H20N6O4. The molecule has 4 rings (SSSR count). The van der Waals surface area contributed by atoms with Crippen LogP contribution in [0.1, 0.15) is 42.1 Å². The van der Waals surface area contributed by atoms with Crippen LogP contribution < -0.4 is 17.0 Å². The van der Waals surface area contributed by atoms with Crippen molar-refractivity contribution in [1.82, 2.24) is 19.5 Å². The number of aromatic nitrogens is 4. The maximum absolute atomic E-state index is 13.4. The molecule has 30 heavy (non-hydrogen) atoms. The lowest BCUT2D eigenvalue weighted by molar-refractivity contribution is -0.143. The van der Waals surface area contributed by atoms with Crippen LogP contribution in [-0.2, 0) is 4.79 Å². The van der Waals surface area contributed by atoms with Crippen LogP contribution >= 0.6 is 0 Å². The van der Waals surface area contributed by atoms with Gasteiger partial charge in [0.25, 0.3) is 5.56 Å². The number of hydrogen-bond acceptors (Lipinski definition) is 7. The first-order chi connectivity index (χ1) is 14.4. The number of carboxylic acid groups (broad SMARTS) is 1. The first-order valence-electron chi connectivity index (χ1n) is 9.52. The summed E-state index contributed by atoms with van der Waals surface area (Å²) in [4.78, 5) is 48.7. The van der Waals surface area contributed by atoms with Gasteiger partial charge in [-0.25, -0.2) is 15.0 Å². The topological polar surface area (TPSA) is 167 Å². The van der Waals surface area contributed by atoms with Crippen LogP contribution in [-0.4, -0.2) is 36.5 Å². The quantitative estimate of drug-likeness (QED) is 0.581. The van der Waals surface area contributed by atoms with Gasteiger partial charge in [-0.1, -0.05) is 12.1 Å². The Morgan fingerprint density at radius 3 is 2.33 bits per heavy atom. The number of hydrogen-bond donors (Lipinski definition) is 3. The Hall–Kier alpha value is -3.82. The molecule has 10 heteroatoms. The molecule has 1 amide bonds. The lowest BCUT2D eigenvalue weighted by Crippen LogP contribution is -2.32. The first kappa shape index (κ1) is 19.5. The van der Waals surface area contributed by atoms with Crippen molar-refractivity contribution in [2.45, 2.75) is 31.7 Å². The van der Waals surface area contributed by atoms with Crippen LogP contribution in [0.5, 0.6) is 0 Å². The third-order valence-electron chi connectivity index (χ3n) is 5.56. The average Bonchev–Trinajstić information content (AvgIpc) is 2.74. The Balaban J connectivity index is 1.86. The second-order valence-electron chi connectivity index (χ2n) is 7.35. The van der Waals surface area contributed by atoms with Crippen LogP contribution in [0, 0.1) is 5.92 Å². The molecule has 0 radical (unpaired) electrons. The molecule has 0 unspecified atom stereocenters. The SMILES string of the molecule is NC(=O)c1ccc(-c2nc3c(N)ncnc3n(C3CCC(C(=O)O)CC3)c2=O)cc1. The molecule has 1 aliphatic rings. The molecule has 0 aliphatic heterocycles. The Kier molecular flexibility index (Phi) is 4.90. The third-order valence-corrected chi connectivity index (χ3v) is 5.56. The molecule has 1 aliphatic carbocycles. The first-order valence-corrected chi connectivity index (χ1v) is 9.52. The Morgan fingerprint density at radius 1 is 1.07 bits per heavy atom. The zero-order valence-corrected chi connectivity index (χ0v) is 16.0. The molecule has 0 bridgehead atoms. The summed E-state index contributed by atoms with van der Waals surface area (Å²) in [5, 5.41) is 9.26. The number of amides is 1. The van der Waals surface area contributed by atoms with Gasteiger partial charge < -0.3 is 16.6 Å². The summed E-state index contributed by atoms with van der Waals surface area (Å²) >= 11 is 0. The molecule has 0 saturated heterocycles. The van der Waals surface area contributed by atoms with Gasteiger partial charge in [-0.05, 0) is 37.8 Å². The summed E-state index contributed by atoms with van der Waals surface area (Å²) < 4.78 is 1.55. The van der Waals surface area contributed by atoms with Crippen LogP contribution in [0.2, 0.25) is 0 Å². The third kappa shape index (κ3) is 3.36. The predicted octanol–water partition coefficient (Wildman–Crippen LogP) is 1.35. The van der Waals surface area contributed by atoms with E-state index < -0.39 is 17.8 Å². The fourth-order valence-corrected chi connectivity index (χ4v) is 3.94. The number of carbonyl (C=O) groups excluding carboxylic acids is 1. The number of nitrogen functional groups attached to an aromatic ring is 1. The van der Waals surface area contributed by atoms with Gasteiger partial charge in [0.1, 0.15) is 17.5 Å². The van der Waals surface area contributed by atoms with E-state index in [1.807, 2.05) is 0 Å². The zero-order chi connectivity index (χ0) is 21.4. The van der Waals surface area contributed by atoms with Crippen molar-refractivity contribution in [2.24, 2.45) is 11.7 Å². The number of carbonyl (C=O) groups is 2. The highest BCUT2D eigenvalue weighted by molar-refractivity contribution is 5.93. The molecule has 154 valence electrons. The van der Waals surface area contributed by atoms with E-state index in [9.17, 15) is 19.5 Å². The van der Waals surface area contributed by atoms with Crippen LogP contribution in [0.3, 0.4) is 0 Å². The summed E-state index contributed by atoms with van der Waals surface area (Å²) in [6.07, 6.45) is 3.28. The van der Waals surface area contributed by atoms with E-state index in [1.165, 1.54) is 18.5 Å². The highest BCUT2D eigenvalue weighted by Crippen LogP contribution is 2.33. The number of nitrogens with zero attached hydrogens (tertiary/aromatic N) is 4. The Labute approximate surface area is 170 Å².